The predicted octanol–water partition coefficient (Wildman–Crippen LogP) is 3.00. The van der Waals surface area contributed by atoms with Gasteiger partial charge in [0.05, 0.1) is 13.1 Å². The van der Waals surface area contributed by atoms with E-state index in [4.69, 9.17) is 16.3 Å². The van der Waals surface area contributed by atoms with E-state index in [1.165, 1.54) is 0 Å². The second kappa shape index (κ2) is 7.37. The molecule has 8 heteroatoms. The largest absolute Gasteiger partial charge is 0.442 e. The monoisotopic (exact) mass is 376 g/mol. The molecule has 0 spiro atoms. The first-order valence-electron chi connectivity index (χ1n) is 8.42. The number of hydrogen-bond donors (Lipinski definition) is 2. The fraction of sp³-hybridized carbons (Fsp3) is 0.389. The Kier molecular flexibility index (Phi) is 5.18. The van der Waals surface area contributed by atoms with Crippen LogP contribution < -0.4 is 5.32 Å². The minimum absolute atomic E-state index is 0.0110. The summed E-state index contributed by atoms with van der Waals surface area (Å²) in [5.41, 5.74) is 1.87. The lowest BCUT2D eigenvalue weighted by atomic mass is 10.1. The Bertz CT molecular complexity index is 828. The molecule has 1 aromatic carbocycles. The van der Waals surface area contributed by atoms with Gasteiger partial charge in [-0.15, -0.1) is 0 Å². The second-order valence-electron chi connectivity index (χ2n) is 6.61. The topological polar surface area (TPSA) is 87.3 Å². The van der Waals surface area contributed by atoms with Crippen LogP contribution >= 0.6 is 11.6 Å². The van der Waals surface area contributed by atoms with E-state index in [1.807, 2.05) is 26.0 Å². The van der Waals surface area contributed by atoms with E-state index in [0.717, 1.165) is 5.56 Å². The third kappa shape index (κ3) is 3.99. The smallest absolute Gasteiger partial charge is 0.407 e. The average Bonchev–Trinajstić information content (AvgIpc) is 2.91. The summed E-state index contributed by atoms with van der Waals surface area (Å²) in [5.74, 6) is 0.411. The number of nitrogens with zero attached hydrogens (tertiary/aromatic N) is 2. The van der Waals surface area contributed by atoms with Crippen LogP contribution in [0, 0.1) is 6.92 Å². The van der Waals surface area contributed by atoms with Gasteiger partial charge in [-0.1, -0.05) is 23.7 Å². The van der Waals surface area contributed by atoms with Gasteiger partial charge in [-0.3, -0.25) is 4.79 Å². The molecule has 1 aromatic heterocycles. The molecule has 0 unspecified atom stereocenters. The van der Waals surface area contributed by atoms with Gasteiger partial charge in [0, 0.05) is 22.3 Å². The number of rotatable bonds is 4. The Morgan fingerprint density at radius 1 is 1.38 bits per heavy atom. The Labute approximate surface area is 156 Å². The van der Waals surface area contributed by atoms with Gasteiger partial charge in [0.15, 0.2) is 0 Å². The quantitative estimate of drug-likeness (QED) is 0.858. The number of carbonyl (C=O) groups is 2. The van der Waals surface area contributed by atoms with E-state index >= 15 is 0 Å². The lowest BCUT2D eigenvalue weighted by Gasteiger charge is -2.38. The number of benzene rings is 1. The maximum atomic E-state index is 12.6. The number of aryl methyl sites for hydroxylation is 1. The van der Waals surface area contributed by atoms with Crippen LogP contribution in [0.15, 0.2) is 24.3 Å². The third-order valence-corrected chi connectivity index (χ3v) is 4.24. The molecular weight excluding hydrogens is 356 g/mol. The Hall–Kier alpha value is -2.54. The number of halogens is 1. The standard InChI is InChI=1S/C18H21ClN4O3/c1-10(2)20-18(25)26-14-8-23(9-14)17(24)15-11(3)21-16(22-15)12-5-4-6-13(19)7-12/h4-7,10,14H,8-9H2,1-3H3,(H,20,25)(H,21,22). The van der Waals surface area contributed by atoms with Crippen molar-refractivity contribution in [1.82, 2.24) is 20.2 Å². The Balaban J connectivity index is 1.62. The summed E-state index contributed by atoms with van der Waals surface area (Å²) in [6, 6.07) is 7.28. The van der Waals surface area contributed by atoms with E-state index in [9.17, 15) is 9.59 Å². The second-order valence-corrected chi connectivity index (χ2v) is 7.04. The first kappa shape index (κ1) is 18.3. The number of aromatic nitrogens is 2. The zero-order chi connectivity index (χ0) is 18.8. The molecule has 138 valence electrons. The summed E-state index contributed by atoms with van der Waals surface area (Å²) in [4.78, 5) is 33.4. The van der Waals surface area contributed by atoms with Gasteiger partial charge in [-0.05, 0) is 32.9 Å². The molecule has 0 aliphatic carbocycles. The molecule has 0 saturated carbocycles. The van der Waals surface area contributed by atoms with Crippen molar-refractivity contribution in [2.75, 3.05) is 13.1 Å². The summed E-state index contributed by atoms with van der Waals surface area (Å²) < 4.78 is 5.24. The summed E-state index contributed by atoms with van der Waals surface area (Å²) in [6.45, 7) is 6.25. The van der Waals surface area contributed by atoms with Crippen molar-refractivity contribution in [3.8, 4) is 11.4 Å². The average molecular weight is 377 g/mol. The van der Waals surface area contributed by atoms with Gasteiger partial charge in [-0.25, -0.2) is 9.78 Å². The molecule has 2 N–H and O–H groups in total. The Morgan fingerprint density at radius 2 is 2.12 bits per heavy atom. The van der Waals surface area contributed by atoms with Crippen molar-refractivity contribution >= 4 is 23.6 Å². The van der Waals surface area contributed by atoms with Crippen molar-refractivity contribution in [3.05, 3.63) is 40.7 Å². The minimum atomic E-state index is -0.462. The third-order valence-electron chi connectivity index (χ3n) is 4.00. The molecule has 2 amide bonds. The summed E-state index contributed by atoms with van der Waals surface area (Å²) >= 11 is 6.01. The number of amides is 2. The van der Waals surface area contributed by atoms with Gasteiger partial charge in [-0.2, -0.15) is 0 Å². The maximum Gasteiger partial charge on any atom is 0.407 e. The number of imidazole rings is 1. The number of alkyl carbamates (subject to hydrolysis) is 1. The van der Waals surface area contributed by atoms with Crippen LogP contribution in [-0.4, -0.2) is 52.1 Å². The first-order valence-corrected chi connectivity index (χ1v) is 8.80. The molecule has 7 nitrogen and oxygen atoms in total. The van der Waals surface area contributed by atoms with Crippen LogP contribution in [-0.2, 0) is 4.74 Å². The molecular formula is C18H21ClN4O3. The molecule has 1 saturated heterocycles. The van der Waals surface area contributed by atoms with E-state index in [2.05, 4.69) is 15.3 Å². The van der Waals surface area contributed by atoms with Crippen LogP contribution in [0.1, 0.15) is 30.0 Å². The molecule has 26 heavy (non-hydrogen) atoms. The van der Waals surface area contributed by atoms with Crippen molar-refractivity contribution < 1.29 is 14.3 Å². The zero-order valence-electron chi connectivity index (χ0n) is 14.9. The normalized spacial score (nSPS) is 14.3. The molecule has 0 bridgehead atoms. The van der Waals surface area contributed by atoms with E-state index < -0.39 is 6.09 Å². The van der Waals surface area contributed by atoms with Gasteiger partial charge in [0.1, 0.15) is 17.6 Å². The van der Waals surface area contributed by atoms with Gasteiger partial charge in [0.25, 0.3) is 5.91 Å². The first-order chi connectivity index (χ1) is 12.3. The maximum absolute atomic E-state index is 12.6. The SMILES string of the molecule is Cc1[nH]c(-c2cccc(Cl)c2)nc1C(=O)N1CC(OC(=O)NC(C)C)C1. The van der Waals surface area contributed by atoms with Crippen LogP contribution in [0.2, 0.25) is 5.02 Å². The highest BCUT2D eigenvalue weighted by Gasteiger charge is 2.35. The summed E-state index contributed by atoms with van der Waals surface area (Å²) in [5, 5.41) is 3.26. The van der Waals surface area contributed by atoms with Crippen molar-refractivity contribution in [3.63, 3.8) is 0 Å². The number of nitrogens with one attached hydrogen (secondary N) is 2. The molecule has 0 radical (unpaired) electrons. The van der Waals surface area contributed by atoms with Crippen molar-refractivity contribution in [2.24, 2.45) is 0 Å². The fourth-order valence-electron chi connectivity index (χ4n) is 2.69. The Morgan fingerprint density at radius 3 is 2.77 bits per heavy atom. The van der Waals surface area contributed by atoms with Gasteiger partial charge >= 0.3 is 6.09 Å². The van der Waals surface area contributed by atoms with Crippen LogP contribution in [0.5, 0.6) is 0 Å². The number of aromatic amines is 1. The number of likely N-dealkylation sites (tertiary alicyclic amines) is 1. The highest BCUT2D eigenvalue weighted by Crippen LogP contribution is 2.23. The summed E-state index contributed by atoms with van der Waals surface area (Å²) in [6.07, 6.45) is -0.749. The van der Waals surface area contributed by atoms with Gasteiger partial charge in [0.2, 0.25) is 0 Å². The highest BCUT2D eigenvalue weighted by molar-refractivity contribution is 6.30. The lowest BCUT2D eigenvalue weighted by molar-refractivity contribution is -0.00732. The van der Waals surface area contributed by atoms with Crippen LogP contribution in [0.4, 0.5) is 4.79 Å². The molecule has 3 rings (SSSR count). The number of hydrogen-bond acceptors (Lipinski definition) is 4. The minimum Gasteiger partial charge on any atom is -0.442 e. The molecule has 1 aliphatic heterocycles. The van der Waals surface area contributed by atoms with Gasteiger partial charge < -0.3 is 19.9 Å². The highest BCUT2D eigenvalue weighted by atomic mass is 35.5. The number of carbonyl (C=O) groups excluding carboxylic acids is 2. The van der Waals surface area contributed by atoms with Crippen molar-refractivity contribution in [1.29, 1.82) is 0 Å². The van der Waals surface area contributed by atoms with Crippen LogP contribution in [0.25, 0.3) is 11.4 Å². The van der Waals surface area contributed by atoms with Crippen LogP contribution in [0.3, 0.4) is 0 Å². The fourth-order valence-corrected chi connectivity index (χ4v) is 2.88. The number of ether oxygens (including phenoxy) is 1. The van der Waals surface area contributed by atoms with E-state index in [-0.39, 0.29) is 18.1 Å². The number of H-pyrrole nitrogens is 1. The lowest BCUT2D eigenvalue weighted by Crippen LogP contribution is -2.56. The molecule has 1 aliphatic rings. The predicted molar refractivity (Wildman–Crippen MR) is 98.2 cm³/mol. The van der Waals surface area contributed by atoms with E-state index in [0.29, 0.717) is 35.3 Å². The molecule has 0 atom stereocenters. The summed E-state index contributed by atoms with van der Waals surface area (Å²) in [7, 11) is 0. The molecule has 1 fully saturated rings. The zero-order valence-corrected chi connectivity index (χ0v) is 15.6. The van der Waals surface area contributed by atoms with E-state index in [1.54, 1.807) is 24.0 Å². The van der Waals surface area contributed by atoms with Crippen molar-refractivity contribution in [2.45, 2.75) is 32.9 Å². The molecule has 2 heterocycles. The molecule has 2 aromatic rings.